The van der Waals surface area contributed by atoms with Gasteiger partial charge in [0.2, 0.25) is 0 Å². The quantitative estimate of drug-likeness (QED) is 0.701. The maximum atomic E-state index is 12.3. The first kappa shape index (κ1) is 5.07. The van der Waals surface area contributed by atoms with Crippen molar-refractivity contribution in [2.45, 2.75) is 46.0 Å². The van der Waals surface area contributed by atoms with Gasteiger partial charge >= 0.3 is 6.09 Å². The van der Waals surface area contributed by atoms with E-state index in [0.29, 0.717) is 6.92 Å². The average molecular weight is 236 g/mol. The van der Waals surface area contributed by atoms with Gasteiger partial charge in [-0.05, 0) is 40.4 Å². The van der Waals surface area contributed by atoms with Crippen LogP contribution >= 0.6 is 0 Å². The lowest BCUT2D eigenvalue weighted by atomic mass is 9.94. The van der Waals surface area contributed by atoms with E-state index in [-0.39, 0.29) is 4.90 Å². The predicted molar refractivity (Wildman–Crippen MR) is 61.2 cm³/mol. The zero-order chi connectivity index (χ0) is 20.4. The molecule has 4 nitrogen and oxygen atoms in total. The molecule has 4 heteroatoms. The number of nitrogens with zero attached hydrogens (tertiary/aromatic N) is 1. The smallest absolute Gasteiger partial charge is 0.410 e. The fourth-order valence-corrected chi connectivity index (χ4v) is 0.858. The minimum Gasteiger partial charge on any atom is -0.444 e. The fourth-order valence-electron chi connectivity index (χ4n) is 0.858. The molecule has 0 N–H and O–H groups in total. The molecular formula is C12H21NO3. The molecule has 0 radical (unpaired) electrons. The fraction of sp³-hybridized carbons (Fsp3) is 0.833. The van der Waals surface area contributed by atoms with Crippen LogP contribution in [0.3, 0.4) is 0 Å². The number of carbonyl (C=O) groups excluding carboxylic acids is 2. The van der Waals surface area contributed by atoms with Crippen molar-refractivity contribution in [2.24, 2.45) is 5.89 Å². The van der Waals surface area contributed by atoms with Crippen molar-refractivity contribution in [2.75, 3.05) is 13.0 Å². The van der Waals surface area contributed by atoms with Gasteiger partial charge in [-0.25, -0.2) is 4.79 Å². The lowest BCUT2D eigenvalue weighted by Crippen LogP contribution is -2.42. The summed E-state index contributed by atoms with van der Waals surface area (Å²) in [6.45, 7) is -2.18. The van der Waals surface area contributed by atoms with Crippen molar-refractivity contribution in [3.63, 3.8) is 0 Å². The van der Waals surface area contributed by atoms with Crippen LogP contribution in [-0.2, 0) is 9.53 Å². The lowest BCUT2D eigenvalue weighted by molar-refractivity contribution is -0.122. The molecule has 0 unspecified atom stereocenters. The van der Waals surface area contributed by atoms with Crippen LogP contribution in [0.1, 0.15) is 52.8 Å². The van der Waals surface area contributed by atoms with Crippen LogP contribution in [0, 0.1) is 5.89 Å². The van der Waals surface area contributed by atoms with Crippen LogP contribution < -0.4 is 0 Å². The number of hydrogen-bond acceptors (Lipinski definition) is 3. The number of ether oxygens (including phenoxy) is 1. The highest BCUT2D eigenvalue weighted by Gasteiger charge is 2.28. The molecule has 0 spiro atoms. The molecule has 1 saturated heterocycles. The Morgan fingerprint density at radius 1 is 1.38 bits per heavy atom. The molecule has 0 aromatic carbocycles. The van der Waals surface area contributed by atoms with E-state index in [1.54, 1.807) is 0 Å². The number of amides is 1. The summed E-state index contributed by atoms with van der Waals surface area (Å²) in [5.41, 5.74) is -1.20. The minimum atomic E-state index is -3.57. The number of rotatable bonds is 1. The number of Topliss-reactive ketones (excluding diaryl/α,β-unsaturated/α-hetero) is 1. The minimum absolute atomic E-state index is 0.332. The van der Waals surface area contributed by atoms with Gasteiger partial charge in [0.05, 0.1) is 0 Å². The van der Waals surface area contributed by atoms with Crippen LogP contribution in [0.4, 0.5) is 4.79 Å². The molecule has 1 aliphatic heterocycles. The zero-order valence-corrected chi connectivity index (χ0v) is 9.67. The molecule has 0 atom stereocenters. The normalized spacial score (nSPS) is 41.2. The first-order valence-corrected chi connectivity index (χ1v) is 4.74. The molecule has 1 aliphatic rings. The third kappa shape index (κ3) is 3.83. The van der Waals surface area contributed by atoms with Crippen molar-refractivity contribution < 1.29 is 26.7 Å². The largest absolute Gasteiger partial charge is 0.444 e. The molecule has 16 heavy (non-hydrogen) atoms. The molecule has 1 heterocycles. The molecule has 0 bridgehead atoms. The molecular weight excluding hydrogens is 206 g/mol. The summed E-state index contributed by atoms with van der Waals surface area (Å²) in [7, 11) is 0. The van der Waals surface area contributed by atoms with Crippen molar-refractivity contribution >= 4 is 11.9 Å². The molecule has 0 aliphatic carbocycles. The topological polar surface area (TPSA) is 46.6 Å². The van der Waals surface area contributed by atoms with Gasteiger partial charge < -0.3 is 9.64 Å². The highest BCUT2D eigenvalue weighted by atomic mass is 16.6. The van der Waals surface area contributed by atoms with E-state index in [1.165, 1.54) is 20.8 Å². The number of hydrogen-bond donors (Lipinski definition) is 0. The van der Waals surface area contributed by atoms with Crippen LogP contribution in [-0.4, -0.2) is 35.4 Å². The van der Waals surface area contributed by atoms with E-state index in [4.69, 9.17) is 17.1 Å². The Kier molecular flexibility index (Phi) is 1.54. The Bertz CT molecular complexity index is 569. The molecule has 0 saturated carbocycles. The van der Waals surface area contributed by atoms with Gasteiger partial charge in [0.15, 0.2) is 0 Å². The van der Waals surface area contributed by atoms with E-state index in [0.717, 1.165) is 0 Å². The summed E-state index contributed by atoms with van der Waals surface area (Å²) in [6.07, 6.45) is -8.78. The van der Waals surface area contributed by atoms with Gasteiger partial charge in [0.25, 0.3) is 0 Å². The maximum absolute atomic E-state index is 12.3. The summed E-state index contributed by atoms with van der Waals surface area (Å²) in [5, 5.41) is 0. The van der Waals surface area contributed by atoms with Gasteiger partial charge in [0, 0.05) is 31.2 Å². The average Bonchev–Trinajstić information content (AvgIpc) is 2.32. The standard InChI is InChI=1S/C12H21NO3/c1-9(14)10-5-7-13(8-6-10)11(15)16-12(2,3)4/h10H,5-8H2,1-4H3/i5D2,6D2,7D2,8D2,10D. The highest BCUT2D eigenvalue weighted by molar-refractivity contribution is 5.78. The van der Waals surface area contributed by atoms with E-state index in [2.05, 4.69) is 0 Å². The third-order valence-electron chi connectivity index (χ3n) is 1.51. The second kappa shape index (κ2) is 4.85. The first-order valence-electron chi connectivity index (χ1n) is 9.24. The van der Waals surface area contributed by atoms with Gasteiger partial charge in [-0.2, -0.15) is 0 Å². The predicted octanol–water partition coefficient (Wildman–Crippen LogP) is 2.22. The Morgan fingerprint density at radius 3 is 2.25 bits per heavy atom. The second-order valence-electron chi connectivity index (χ2n) is 4.22. The van der Waals surface area contributed by atoms with E-state index >= 15 is 0 Å². The van der Waals surface area contributed by atoms with Crippen LogP contribution in [0.15, 0.2) is 0 Å². The number of ketones is 1. The summed E-state index contributed by atoms with van der Waals surface area (Å²) in [6, 6.07) is 0. The first-order chi connectivity index (χ1) is 10.7. The van der Waals surface area contributed by atoms with E-state index in [9.17, 15) is 9.59 Å². The molecule has 1 amide bonds. The van der Waals surface area contributed by atoms with Crippen molar-refractivity contribution in [1.29, 1.82) is 0 Å². The molecule has 1 fully saturated rings. The monoisotopic (exact) mass is 236 g/mol. The SMILES string of the molecule is [2H]C1([2H])N(C(=O)OC(C)(C)C)C([2H])([2H])C([2H])([2H])C([2H])(C(C)=O)C1([2H])[2H]. The van der Waals surface area contributed by atoms with Gasteiger partial charge in [-0.1, -0.05) is 0 Å². The third-order valence-corrected chi connectivity index (χ3v) is 1.51. The van der Waals surface area contributed by atoms with Crippen molar-refractivity contribution in [3.05, 3.63) is 0 Å². The highest BCUT2D eigenvalue weighted by Crippen LogP contribution is 2.20. The van der Waals surface area contributed by atoms with Crippen LogP contribution in [0.25, 0.3) is 0 Å². The summed E-state index contributed by atoms with van der Waals surface area (Å²) >= 11 is 0. The van der Waals surface area contributed by atoms with Gasteiger partial charge in [-0.3, -0.25) is 4.79 Å². The number of piperidine rings is 1. The Hall–Kier alpha value is -1.06. The molecule has 92 valence electrons. The summed E-state index contributed by atoms with van der Waals surface area (Å²) in [4.78, 5) is 23.9. The van der Waals surface area contributed by atoms with Crippen molar-refractivity contribution in [1.82, 2.24) is 4.90 Å². The molecule has 1 rings (SSSR count). The Labute approximate surface area is 110 Å². The van der Waals surface area contributed by atoms with Crippen LogP contribution in [0.5, 0.6) is 0 Å². The zero-order valence-electron chi connectivity index (χ0n) is 18.7. The molecule has 0 aromatic rings. The maximum Gasteiger partial charge on any atom is 0.410 e. The van der Waals surface area contributed by atoms with E-state index < -0.39 is 49.1 Å². The Morgan fingerprint density at radius 2 is 1.88 bits per heavy atom. The summed E-state index contributed by atoms with van der Waals surface area (Å²) in [5.74, 6) is -4.84. The number of likely N-dealkylation sites (tertiary alicyclic amines) is 1. The van der Waals surface area contributed by atoms with Gasteiger partial charge in [0.1, 0.15) is 11.4 Å². The Balaban J connectivity index is 3.75. The summed E-state index contributed by atoms with van der Waals surface area (Å²) < 4.78 is 76.4. The lowest BCUT2D eigenvalue weighted by Gasteiger charge is -2.32. The number of carbonyl (C=O) groups is 2. The van der Waals surface area contributed by atoms with Crippen molar-refractivity contribution in [3.8, 4) is 0 Å². The molecule has 0 aromatic heterocycles. The van der Waals surface area contributed by atoms with E-state index in [1.807, 2.05) is 0 Å². The van der Waals surface area contributed by atoms with Gasteiger partial charge in [-0.15, -0.1) is 0 Å². The van der Waals surface area contributed by atoms with Crippen LogP contribution in [0.2, 0.25) is 0 Å². The second-order valence-corrected chi connectivity index (χ2v) is 4.22.